The second kappa shape index (κ2) is 16.8. The Kier molecular flexibility index (Phi) is 12.3. The fraction of sp³-hybridized carbons (Fsp3) is 0.327. The number of nitrogens with zero attached hydrogens (tertiary/aromatic N) is 1. The lowest BCUT2D eigenvalue weighted by Crippen LogP contribution is -2.11. The van der Waals surface area contributed by atoms with Gasteiger partial charge in [0, 0.05) is 0 Å². The molecule has 50 heavy (non-hydrogen) atoms. The Bertz CT molecular complexity index is 2150. The van der Waals surface area contributed by atoms with Crippen LogP contribution in [0.25, 0.3) is 49.0 Å². The van der Waals surface area contributed by atoms with Crippen molar-refractivity contribution in [3.63, 3.8) is 0 Å². The van der Waals surface area contributed by atoms with E-state index < -0.39 is 0 Å². The molecule has 6 aromatic carbocycles. The molecule has 0 aromatic heterocycles. The van der Waals surface area contributed by atoms with E-state index in [1.54, 1.807) is 5.57 Å². The Morgan fingerprint density at radius 3 is 2.04 bits per heavy atom. The second-order valence-corrected chi connectivity index (χ2v) is 13.9. The van der Waals surface area contributed by atoms with Crippen LogP contribution >= 0.6 is 0 Å². The standard InChI is InChI=1S/C44H41N.C3H8.C2H6/c1-5-8-31-11-15-34(16-12-31)42-26-41(30(4)29(3)25-36-10-7-6-9-28(36)2)39-24-23-38-37(33-17-13-32(27-45)14-18-33)21-19-35-20-22-40(42)44(39)43(35)38;1-3-2;1-2/h6-7,9-11,13-15,17-24,26,29-30H,5,8,12,16,25H2,1-4H3;3H2,1-2H3;1-2H3. The van der Waals surface area contributed by atoms with Gasteiger partial charge in [-0.15, -0.1) is 0 Å². The van der Waals surface area contributed by atoms with E-state index in [4.69, 9.17) is 0 Å². The summed E-state index contributed by atoms with van der Waals surface area (Å²) in [4.78, 5) is 0. The minimum Gasteiger partial charge on any atom is -0.192 e. The van der Waals surface area contributed by atoms with Gasteiger partial charge in [-0.25, -0.2) is 0 Å². The zero-order chi connectivity index (χ0) is 35.8. The second-order valence-electron chi connectivity index (χ2n) is 13.9. The molecule has 0 bridgehead atoms. The maximum Gasteiger partial charge on any atom is 0.0991 e. The van der Waals surface area contributed by atoms with Crippen molar-refractivity contribution in [1.29, 1.82) is 5.26 Å². The van der Waals surface area contributed by atoms with Crippen LogP contribution in [0, 0.1) is 24.2 Å². The van der Waals surface area contributed by atoms with E-state index in [1.807, 2.05) is 26.0 Å². The molecule has 0 saturated heterocycles. The number of benzene rings is 6. The zero-order valence-corrected chi connectivity index (χ0v) is 31.7. The van der Waals surface area contributed by atoms with Gasteiger partial charge < -0.3 is 0 Å². The average molecular weight is 658 g/mol. The van der Waals surface area contributed by atoms with Crippen LogP contribution in [-0.2, 0) is 6.42 Å². The molecule has 6 aromatic rings. The highest BCUT2D eigenvalue weighted by molar-refractivity contribution is 6.27. The van der Waals surface area contributed by atoms with Crippen molar-refractivity contribution in [2.75, 3.05) is 0 Å². The molecule has 0 heterocycles. The third-order valence-corrected chi connectivity index (χ3v) is 10.4. The van der Waals surface area contributed by atoms with Crippen molar-refractivity contribution in [3.05, 3.63) is 137 Å². The van der Waals surface area contributed by atoms with Gasteiger partial charge in [0.1, 0.15) is 0 Å². The zero-order valence-electron chi connectivity index (χ0n) is 31.7. The summed E-state index contributed by atoms with van der Waals surface area (Å²) in [7, 11) is 0. The van der Waals surface area contributed by atoms with Gasteiger partial charge in [-0.1, -0.05) is 152 Å². The Hall–Kier alpha value is -4.67. The number of nitriles is 1. The van der Waals surface area contributed by atoms with Gasteiger partial charge in [0.2, 0.25) is 0 Å². The molecule has 256 valence electrons. The summed E-state index contributed by atoms with van der Waals surface area (Å²) in [6, 6.07) is 35.7. The third kappa shape index (κ3) is 7.41. The van der Waals surface area contributed by atoms with Gasteiger partial charge in [0.25, 0.3) is 0 Å². The van der Waals surface area contributed by atoms with Crippen LogP contribution in [0.4, 0.5) is 0 Å². The van der Waals surface area contributed by atoms with Crippen LogP contribution < -0.4 is 0 Å². The predicted octanol–water partition coefficient (Wildman–Crippen LogP) is 14.8. The Morgan fingerprint density at radius 1 is 0.720 bits per heavy atom. The molecule has 0 fully saturated rings. The van der Waals surface area contributed by atoms with Crippen molar-refractivity contribution >= 4 is 37.9 Å². The van der Waals surface area contributed by atoms with Gasteiger partial charge in [-0.3, -0.25) is 0 Å². The topological polar surface area (TPSA) is 23.8 Å². The number of aryl methyl sites for hydroxylation is 1. The smallest absolute Gasteiger partial charge is 0.0991 e. The lowest BCUT2D eigenvalue weighted by atomic mass is 9.77. The minimum atomic E-state index is 0.390. The summed E-state index contributed by atoms with van der Waals surface area (Å²) in [6.07, 6.45) is 11.8. The predicted molar refractivity (Wildman–Crippen MR) is 220 cm³/mol. The normalized spacial score (nSPS) is 13.8. The average Bonchev–Trinajstić information content (AvgIpc) is 3.16. The number of rotatable bonds is 8. The quantitative estimate of drug-likeness (QED) is 0.149. The van der Waals surface area contributed by atoms with Crippen LogP contribution in [0.5, 0.6) is 0 Å². The summed E-state index contributed by atoms with van der Waals surface area (Å²) in [5.41, 5.74) is 11.8. The molecule has 0 spiro atoms. The Balaban J connectivity index is 0.000000924. The molecular formula is C49H55N. The molecule has 0 radical (unpaired) electrons. The fourth-order valence-corrected chi connectivity index (χ4v) is 7.65. The van der Waals surface area contributed by atoms with Crippen LogP contribution in [-0.4, -0.2) is 0 Å². The highest BCUT2D eigenvalue weighted by Gasteiger charge is 2.24. The SMILES string of the molecule is CC.CCC.CCCC1=CC=C(c2cc(C(C)C(C)Cc3ccccc3C)c3ccc4c(-c5ccc(C#N)cc5)ccc5ccc2c3c54)CC1. The summed E-state index contributed by atoms with van der Waals surface area (Å²) >= 11 is 0. The molecule has 0 N–H and O–H groups in total. The molecular weight excluding hydrogens is 603 g/mol. The summed E-state index contributed by atoms with van der Waals surface area (Å²) in [5, 5.41) is 17.4. The Labute approximate surface area is 301 Å². The van der Waals surface area contributed by atoms with Crippen LogP contribution in [0.3, 0.4) is 0 Å². The first-order valence-electron chi connectivity index (χ1n) is 19.1. The van der Waals surface area contributed by atoms with Crippen LogP contribution in [0.15, 0.2) is 109 Å². The van der Waals surface area contributed by atoms with E-state index in [1.165, 1.54) is 85.0 Å². The molecule has 2 unspecified atom stereocenters. The van der Waals surface area contributed by atoms with E-state index in [0.29, 0.717) is 17.4 Å². The van der Waals surface area contributed by atoms with Gasteiger partial charge >= 0.3 is 0 Å². The van der Waals surface area contributed by atoms with Crippen molar-refractivity contribution < 1.29 is 0 Å². The van der Waals surface area contributed by atoms with E-state index in [2.05, 4.69) is 139 Å². The molecule has 0 saturated carbocycles. The van der Waals surface area contributed by atoms with Crippen LogP contribution in [0.1, 0.15) is 114 Å². The van der Waals surface area contributed by atoms with E-state index in [-0.39, 0.29) is 0 Å². The first-order valence-corrected chi connectivity index (χ1v) is 19.1. The van der Waals surface area contributed by atoms with E-state index >= 15 is 0 Å². The van der Waals surface area contributed by atoms with Crippen molar-refractivity contribution in [3.8, 4) is 17.2 Å². The van der Waals surface area contributed by atoms with Gasteiger partial charge in [-0.05, 0) is 134 Å². The molecule has 1 aliphatic carbocycles. The molecule has 1 heteroatoms. The number of hydrogen-bond acceptors (Lipinski definition) is 1. The molecule has 2 atom stereocenters. The monoisotopic (exact) mass is 657 g/mol. The molecule has 7 rings (SSSR count). The number of hydrogen-bond donors (Lipinski definition) is 0. The highest BCUT2D eigenvalue weighted by atomic mass is 14.3. The Morgan fingerprint density at radius 2 is 1.38 bits per heavy atom. The largest absolute Gasteiger partial charge is 0.192 e. The summed E-state index contributed by atoms with van der Waals surface area (Å²) in [5.74, 6) is 0.879. The lowest BCUT2D eigenvalue weighted by molar-refractivity contribution is 0.487. The van der Waals surface area contributed by atoms with Crippen molar-refractivity contribution in [2.24, 2.45) is 5.92 Å². The third-order valence-electron chi connectivity index (χ3n) is 10.4. The molecule has 0 amide bonds. The van der Waals surface area contributed by atoms with Crippen LogP contribution in [0.2, 0.25) is 0 Å². The first kappa shape index (κ1) is 36.6. The maximum absolute atomic E-state index is 9.38. The molecule has 1 aliphatic rings. The highest BCUT2D eigenvalue weighted by Crippen LogP contribution is 2.46. The van der Waals surface area contributed by atoms with Crippen molar-refractivity contribution in [2.45, 2.75) is 99.8 Å². The summed E-state index contributed by atoms with van der Waals surface area (Å²) in [6.45, 7) is 17.6. The number of allylic oxidation sites excluding steroid dienone is 4. The lowest BCUT2D eigenvalue weighted by Gasteiger charge is -2.27. The van der Waals surface area contributed by atoms with Gasteiger partial charge in [-0.2, -0.15) is 5.26 Å². The van der Waals surface area contributed by atoms with Gasteiger partial charge in [0.15, 0.2) is 0 Å². The first-order chi connectivity index (χ1) is 24.4. The van der Waals surface area contributed by atoms with Crippen molar-refractivity contribution in [1.82, 2.24) is 0 Å². The molecule has 1 nitrogen and oxygen atoms in total. The van der Waals surface area contributed by atoms with E-state index in [0.717, 1.165) is 24.8 Å². The molecule has 0 aliphatic heterocycles. The fourth-order valence-electron chi connectivity index (χ4n) is 7.65. The van der Waals surface area contributed by atoms with Gasteiger partial charge in [0.05, 0.1) is 11.6 Å². The maximum atomic E-state index is 9.38. The van der Waals surface area contributed by atoms with E-state index in [9.17, 15) is 5.26 Å². The minimum absolute atomic E-state index is 0.390. The summed E-state index contributed by atoms with van der Waals surface area (Å²) < 4.78 is 0.